The molecule has 1 aromatic carbocycles. The van der Waals surface area contributed by atoms with E-state index in [9.17, 15) is 4.79 Å². The van der Waals surface area contributed by atoms with Gasteiger partial charge in [-0.25, -0.2) is 0 Å². The van der Waals surface area contributed by atoms with E-state index >= 15 is 0 Å². The summed E-state index contributed by atoms with van der Waals surface area (Å²) in [5.41, 5.74) is 3.41. The van der Waals surface area contributed by atoms with Gasteiger partial charge in [-0.15, -0.1) is 11.3 Å². The first-order valence-corrected chi connectivity index (χ1v) is 7.69. The van der Waals surface area contributed by atoms with Crippen molar-refractivity contribution in [2.24, 2.45) is 0 Å². The van der Waals surface area contributed by atoms with Crippen LogP contribution in [-0.4, -0.2) is 29.1 Å². The predicted molar refractivity (Wildman–Crippen MR) is 81.4 cm³/mol. The minimum atomic E-state index is -0.775. The summed E-state index contributed by atoms with van der Waals surface area (Å²) in [5, 5.41) is 11.8. The van der Waals surface area contributed by atoms with Gasteiger partial charge >= 0.3 is 5.97 Å². The number of rotatable bonds is 3. The average Bonchev–Trinajstić information content (AvgIpc) is 2.81. The minimum absolute atomic E-state index is 0.0945. The Balaban J connectivity index is 1.95. The fourth-order valence-corrected chi connectivity index (χ4v) is 3.89. The van der Waals surface area contributed by atoms with E-state index in [-0.39, 0.29) is 6.54 Å². The van der Waals surface area contributed by atoms with E-state index in [1.807, 2.05) is 29.2 Å². The summed E-state index contributed by atoms with van der Waals surface area (Å²) in [5.74, 6) is -0.775. The molecule has 1 N–H and O–H groups in total. The number of hydrogen-bond acceptors (Lipinski definition) is 3. The first-order valence-electron chi connectivity index (χ1n) is 6.43. The second-order valence-corrected chi connectivity index (χ2v) is 6.26. The molecule has 1 aliphatic heterocycles. The van der Waals surface area contributed by atoms with Gasteiger partial charge < -0.3 is 5.11 Å². The third kappa shape index (κ3) is 2.59. The van der Waals surface area contributed by atoms with Crippen LogP contribution in [0.1, 0.15) is 10.4 Å². The van der Waals surface area contributed by atoms with Crippen LogP contribution in [-0.2, 0) is 17.8 Å². The number of carboxylic acids is 1. The quantitative estimate of drug-likeness (QED) is 0.943. The lowest BCUT2D eigenvalue weighted by atomic mass is 9.99. The van der Waals surface area contributed by atoms with E-state index in [0.29, 0.717) is 6.54 Å². The Labute approximate surface area is 126 Å². The number of carboxylic acid groups (broad SMARTS) is 1. The molecule has 0 amide bonds. The lowest BCUT2D eigenvalue weighted by molar-refractivity contribution is -0.138. The molecule has 0 bridgehead atoms. The largest absolute Gasteiger partial charge is 0.480 e. The van der Waals surface area contributed by atoms with Gasteiger partial charge in [0.1, 0.15) is 0 Å². The second-order valence-electron chi connectivity index (χ2n) is 4.89. The fraction of sp³-hybridized carbons (Fsp3) is 0.267. The van der Waals surface area contributed by atoms with E-state index in [1.54, 1.807) is 11.3 Å². The molecule has 3 nitrogen and oxygen atoms in total. The molecule has 5 heteroatoms. The SMILES string of the molecule is O=C(O)CN1CCc2scc(-c3ccccc3Cl)c2C1. The van der Waals surface area contributed by atoms with Gasteiger partial charge in [-0.3, -0.25) is 9.69 Å². The number of hydrogen-bond donors (Lipinski definition) is 1. The van der Waals surface area contributed by atoms with Crippen molar-refractivity contribution in [2.45, 2.75) is 13.0 Å². The van der Waals surface area contributed by atoms with Crippen molar-refractivity contribution in [1.29, 1.82) is 0 Å². The molecule has 1 aliphatic rings. The van der Waals surface area contributed by atoms with Crippen molar-refractivity contribution in [1.82, 2.24) is 4.90 Å². The molecular weight excluding hydrogens is 294 g/mol. The number of fused-ring (bicyclic) bond motifs is 1. The van der Waals surface area contributed by atoms with Gasteiger partial charge in [-0.2, -0.15) is 0 Å². The second kappa shape index (κ2) is 5.56. The summed E-state index contributed by atoms with van der Waals surface area (Å²) in [6.07, 6.45) is 0.914. The Kier molecular flexibility index (Phi) is 3.78. The molecule has 0 fully saturated rings. The van der Waals surface area contributed by atoms with Gasteiger partial charge in [0.2, 0.25) is 0 Å². The Morgan fingerprint density at radius 2 is 2.15 bits per heavy atom. The molecular formula is C15H14ClNO2S. The highest BCUT2D eigenvalue weighted by molar-refractivity contribution is 7.10. The third-order valence-electron chi connectivity index (χ3n) is 3.54. The predicted octanol–water partition coefficient (Wildman–Crippen LogP) is 3.51. The maximum absolute atomic E-state index is 10.9. The molecule has 0 aliphatic carbocycles. The molecule has 0 unspecified atom stereocenters. The summed E-state index contributed by atoms with van der Waals surface area (Å²) < 4.78 is 0. The average molecular weight is 308 g/mol. The van der Waals surface area contributed by atoms with Crippen molar-refractivity contribution >= 4 is 28.9 Å². The van der Waals surface area contributed by atoms with Crippen LogP contribution in [0.5, 0.6) is 0 Å². The van der Waals surface area contributed by atoms with E-state index in [1.165, 1.54) is 10.4 Å². The molecule has 0 atom stereocenters. The molecule has 0 saturated carbocycles. The number of benzene rings is 1. The summed E-state index contributed by atoms with van der Waals surface area (Å²) in [6, 6.07) is 7.80. The van der Waals surface area contributed by atoms with E-state index in [2.05, 4.69) is 5.38 Å². The zero-order chi connectivity index (χ0) is 14.1. The zero-order valence-electron chi connectivity index (χ0n) is 10.8. The lowest BCUT2D eigenvalue weighted by Gasteiger charge is -2.26. The van der Waals surface area contributed by atoms with Crippen LogP contribution in [0.25, 0.3) is 11.1 Å². The number of aliphatic carboxylic acids is 1. The van der Waals surface area contributed by atoms with Gasteiger partial charge in [0.15, 0.2) is 0 Å². The van der Waals surface area contributed by atoms with Crippen LogP contribution >= 0.6 is 22.9 Å². The summed E-state index contributed by atoms with van der Waals surface area (Å²) >= 11 is 8.02. The maximum Gasteiger partial charge on any atom is 0.317 e. The van der Waals surface area contributed by atoms with E-state index < -0.39 is 5.97 Å². The van der Waals surface area contributed by atoms with Crippen molar-refractivity contribution in [3.05, 3.63) is 45.1 Å². The minimum Gasteiger partial charge on any atom is -0.480 e. The molecule has 3 rings (SSSR count). The van der Waals surface area contributed by atoms with Crippen molar-refractivity contribution < 1.29 is 9.90 Å². The molecule has 1 aromatic heterocycles. The highest BCUT2D eigenvalue weighted by Crippen LogP contribution is 2.38. The molecule has 0 spiro atoms. The molecule has 0 radical (unpaired) electrons. The van der Waals surface area contributed by atoms with E-state index in [0.717, 1.165) is 29.1 Å². The Morgan fingerprint density at radius 3 is 2.90 bits per heavy atom. The van der Waals surface area contributed by atoms with Gasteiger partial charge in [0, 0.05) is 28.6 Å². The Morgan fingerprint density at radius 1 is 1.35 bits per heavy atom. The lowest BCUT2D eigenvalue weighted by Crippen LogP contribution is -2.34. The van der Waals surface area contributed by atoms with Crippen molar-refractivity contribution in [3.63, 3.8) is 0 Å². The number of halogens is 1. The molecule has 2 aromatic rings. The van der Waals surface area contributed by atoms with Crippen molar-refractivity contribution in [2.75, 3.05) is 13.1 Å². The molecule has 104 valence electrons. The topological polar surface area (TPSA) is 40.5 Å². The number of thiophene rings is 1. The van der Waals surface area contributed by atoms with Gasteiger partial charge in [-0.05, 0) is 29.0 Å². The van der Waals surface area contributed by atoms with Crippen LogP contribution in [0.15, 0.2) is 29.6 Å². The first-order chi connectivity index (χ1) is 9.65. The first kappa shape index (κ1) is 13.6. The summed E-state index contributed by atoms with van der Waals surface area (Å²) in [6.45, 7) is 1.59. The smallest absolute Gasteiger partial charge is 0.317 e. The Bertz CT molecular complexity index is 653. The monoisotopic (exact) mass is 307 g/mol. The normalized spacial score (nSPS) is 15.1. The fourth-order valence-electron chi connectivity index (χ4n) is 2.60. The van der Waals surface area contributed by atoms with Crippen LogP contribution in [0.4, 0.5) is 0 Å². The summed E-state index contributed by atoms with van der Waals surface area (Å²) in [4.78, 5) is 14.2. The highest BCUT2D eigenvalue weighted by Gasteiger charge is 2.23. The van der Waals surface area contributed by atoms with Crippen molar-refractivity contribution in [3.8, 4) is 11.1 Å². The van der Waals surface area contributed by atoms with Crippen LogP contribution in [0.3, 0.4) is 0 Å². The van der Waals surface area contributed by atoms with Crippen LogP contribution in [0.2, 0.25) is 5.02 Å². The van der Waals surface area contributed by atoms with Crippen LogP contribution < -0.4 is 0 Å². The Hall–Kier alpha value is -1.36. The third-order valence-corrected chi connectivity index (χ3v) is 4.96. The standard InChI is InChI=1S/C15H14ClNO2S/c16-13-4-2-1-3-10(13)12-9-20-14-5-6-17(7-11(12)14)8-15(18)19/h1-4,9H,5-8H2,(H,18,19). The van der Waals surface area contributed by atoms with Gasteiger partial charge in [-0.1, -0.05) is 29.8 Å². The molecule has 0 saturated heterocycles. The van der Waals surface area contributed by atoms with Gasteiger partial charge in [0.05, 0.1) is 6.54 Å². The van der Waals surface area contributed by atoms with E-state index in [4.69, 9.17) is 16.7 Å². The summed E-state index contributed by atoms with van der Waals surface area (Å²) in [7, 11) is 0. The number of carbonyl (C=O) groups is 1. The maximum atomic E-state index is 10.9. The zero-order valence-corrected chi connectivity index (χ0v) is 12.4. The van der Waals surface area contributed by atoms with Crippen LogP contribution in [0, 0.1) is 0 Å². The van der Waals surface area contributed by atoms with Gasteiger partial charge in [0.25, 0.3) is 0 Å². The number of nitrogens with zero attached hydrogens (tertiary/aromatic N) is 1. The molecule has 2 heterocycles. The molecule has 20 heavy (non-hydrogen) atoms. The highest BCUT2D eigenvalue weighted by atomic mass is 35.5.